The Balaban J connectivity index is 1.75. The van der Waals surface area contributed by atoms with Gasteiger partial charge >= 0.3 is 0 Å². The molecule has 0 unspecified atom stereocenters. The Hall–Kier alpha value is -1.50. The van der Waals surface area contributed by atoms with Crippen LogP contribution in [0.15, 0.2) is 0 Å². The molecule has 1 aromatic rings. The van der Waals surface area contributed by atoms with Crippen LogP contribution in [0.25, 0.3) is 0 Å². The Labute approximate surface area is 118 Å². The molecule has 0 radical (unpaired) electrons. The maximum absolute atomic E-state index is 12.9. The quantitative estimate of drug-likeness (QED) is 0.839. The smallest absolute Gasteiger partial charge is 0.230 e. The van der Waals surface area contributed by atoms with Crippen LogP contribution in [0.4, 0.5) is 0 Å². The number of amides is 1. The summed E-state index contributed by atoms with van der Waals surface area (Å²) in [6, 6.07) is 0. The Morgan fingerprint density at radius 2 is 2.40 bits per heavy atom. The number of nitrogens with one attached hydrogen (secondary N) is 1. The zero-order chi connectivity index (χ0) is 14.2. The fraction of sp³-hybridized carbons (Fsp3) is 0.846. The largest absolute Gasteiger partial charge is 0.338 e. The average molecular weight is 278 g/mol. The van der Waals surface area contributed by atoms with E-state index in [1.165, 1.54) is 6.42 Å². The Bertz CT molecular complexity index is 501. The minimum atomic E-state index is -0.195. The lowest BCUT2D eigenvalue weighted by molar-refractivity contribution is -0.144. The van der Waals surface area contributed by atoms with E-state index in [1.54, 1.807) is 16.6 Å². The molecule has 0 bridgehead atoms. The van der Waals surface area contributed by atoms with E-state index in [1.807, 2.05) is 7.05 Å². The molecule has 0 spiro atoms. The van der Waals surface area contributed by atoms with E-state index in [9.17, 15) is 4.79 Å². The van der Waals surface area contributed by atoms with Crippen LogP contribution in [0, 0.1) is 11.3 Å². The van der Waals surface area contributed by atoms with Gasteiger partial charge in [-0.05, 0) is 35.7 Å². The van der Waals surface area contributed by atoms with Gasteiger partial charge in [0.15, 0.2) is 5.82 Å². The third-order valence-electron chi connectivity index (χ3n) is 4.90. The molecule has 1 saturated heterocycles. The average Bonchev–Trinajstić information content (AvgIpc) is 3.05. The summed E-state index contributed by atoms with van der Waals surface area (Å²) in [7, 11) is 3.65. The lowest BCUT2D eigenvalue weighted by Crippen LogP contribution is -2.48. The number of rotatable bonds is 3. The fourth-order valence-corrected chi connectivity index (χ4v) is 3.71. The summed E-state index contributed by atoms with van der Waals surface area (Å²) in [6.07, 6.45) is 4.57. The van der Waals surface area contributed by atoms with Crippen molar-refractivity contribution in [3.05, 3.63) is 5.82 Å². The van der Waals surface area contributed by atoms with Crippen molar-refractivity contribution in [3.63, 3.8) is 0 Å². The predicted octanol–water partition coefficient (Wildman–Crippen LogP) is -0.0517. The number of carbonyl (C=O) groups is 1. The van der Waals surface area contributed by atoms with E-state index in [2.05, 4.69) is 20.8 Å². The van der Waals surface area contributed by atoms with Crippen LogP contribution >= 0.6 is 0 Å². The number of aryl methyl sites for hydroxylation is 1. The third kappa shape index (κ3) is 2.09. The predicted molar refractivity (Wildman–Crippen MR) is 72.5 cm³/mol. The van der Waals surface area contributed by atoms with E-state index in [-0.39, 0.29) is 11.3 Å². The van der Waals surface area contributed by atoms with Gasteiger partial charge in [0.1, 0.15) is 0 Å². The number of tetrazole rings is 1. The monoisotopic (exact) mass is 278 g/mol. The van der Waals surface area contributed by atoms with Crippen LogP contribution in [-0.4, -0.2) is 51.2 Å². The SMILES string of the molecule is CN(Cc1nnnn1C)C(=O)[C@@]12CCCC[C@H]1CNC2. The van der Waals surface area contributed by atoms with Crippen molar-refractivity contribution in [2.24, 2.45) is 18.4 Å². The summed E-state index contributed by atoms with van der Waals surface area (Å²) in [5, 5.41) is 14.8. The van der Waals surface area contributed by atoms with Crippen molar-refractivity contribution in [3.8, 4) is 0 Å². The summed E-state index contributed by atoms with van der Waals surface area (Å²) < 4.78 is 1.62. The number of nitrogens with zero attached hydrogens (tertiary/aromatic N) is 5. The van der Waals surface area contributed by atoms with Crippen molar-refractivity contribution in [2.45, 2.75) is 32.2 Å². The second-order valence-corrected chi connectivity index (χ2v) is 6.11. The number of carbonyl (C=O) groups excluding carboxylic acids is 1. The Kier molecular flexibility index (Phi) is 3.45. The van der Waals surface area contributed by atoms with Gasteiger partial charge in [-0.1, -0.05) is 12.8 Å². The molecular formula is C13H22N6O. The molecular weight excluding hydrogens is 256 g/mol. The molecule has 1 amide bonds. The number of aromatic nitrogens is 4. The van der Waals surface area contributed by atoms with E-state index in [0.717, 1.165) is 38.2 Å². The topological polar surface area (TPSA) is 75.9 Å². The van der Waals surface area contributed by atoms with Crippen molar-refractivity contribution in [1.29, 1.82) is 0 Å². The van der Waals surface area contributed by atoms with Crippen LogP contribution in [0.5, 0.6) is 0 Å². The van der Waals surface area contributed by atoms with Gasteiger partial charge in [-0.2, -0.15) is 0 Å². The summed E-state index contributed by atoms with van der Waals surface area (Å²) in [5.41, 5.74) is -0.195. The maximum atomic E-state index is 12.9. The van der Waals surface area contributed by atoms with Crippen molar-refractivity contribution >= 4 is 5.91 Å². The molecule has 1 aromatic heterocycles. The van der Waals surface area contributed by atoms with Crippen molar-refractivity contribution in [1.82, 2.24) is 30.4 Å². The van der Waals surface area contributed by atoms with Crippen LogP contribution in [0.1, 0.15) is 31.5 Å². The van der Waals surface area contributed by atoms with Gasteiger partial charge in [-0.15, -0.1) is 5.10 Å². The molecule has 1 N–H and O–H groups in total. The first-order valence-corrected chi connectivity index (χ1v) is 7.31. The lowest BCUT2D eigenvalue weighted by Gasteiger charge is -2.39. The molecule has 2 aliphatic rings. The summed E-state index contributed by atoms with van der Waals surface area (Å²) in [6.45, 7) is 2.26. The summed E-state index contributed by atoms with van der Waals surface area (Å²) in [5.74, 6) is 1.45. The van der Waals surface area contributed by atoms with E-state index < -0.39 is 0 Å². The van der Waals surface area contributed by atoms with Gasteiger partial charge in [0, 0.05) is 20.6 Å². The normalized spacial score (nSPS) is 29.2. The zero-order valence-electron chi connectivity index (χ0n) is 12.2. The van der Waals surface area contributed by atoms with Crippen LogP contribution in [-0.2, 0) is 18.4 Å². The molecule has 7 nitrogen and oxygen atoms in total. The van der Waals surface area contributed by atoms with E-state index in [4.69, 9.17) is 0 Å². The molecule has 2 atom stereocenters. The Morgan fingerprint density at radius 3 is 3.15 bits per heavy atom. The van der Waals surface area contributed by atoms with Gasteiger partial charge in [0.05, 0.1) is 12.0 Å². The molecule has 1 saturated carbocycles. The second-order valence-electron chi connectivity index (χ2n) is 6.11. The van der Waals surface area contributed by atoms with Gasteiger partial charge in [0.2, 0.25) is 5.91 Å². The van der Waals surface area contributed by atoms with Crippen molar-refractivity contribution in [2.75, 3.05) is 20.1 Å². The minimum absolute atomic E-state index is 0.195. The van der Waals surface area contributed by atoms with Gasteiger partial charge < -0.3 is 10.2 Å². The molecule has 1 aliphatic heterocycles. The highest BCUT2D eigenvalue weighted by atomic mass is 16.2. The van der Waals surface area contributed by atoms with E-state index in [0.29, 0.717) is 12.5 Å². The Morgan fingerprint density at radius 1 is 1.55 bits per heavy atom. The lowest BCUT2D eigenvalue weighted by atomic mass is 9.67. The molecule has 7 heteroatoms. The van der Waals surface area contributed by atoms with Crippen LogP contribution < -0.4 is 5.32 Å². The molecule has 20 heavy (non-hydrogen) atoms. The zero-order valence-corrected chi connectivity index (χ0v) is 12.2. The number of hydrogen-bond donors (Lipinski definition) is 1. The first-order valence-electron chi connectivity index (χ1n) is 7.31. The first kappa shape index (κ1) is 13.5. The first-order chi connectivity index (χ1) is 9.63. The number of hydrogen-bond acceptors (Lipinski definition) is 5. The molecule has 2 fully saturated rings. The molecule has 0 aromatic carbocycles. The van der Waals surface area contributed by atoms with Gasteiger partial charge in [-0.3, -0.25) is 4.79 Å². The maximum Gasteiger partial charge on any atom is 0.230 e. The standard InChI is InChI=1S/C13H22N6O/c1-18(8-11-15-16-17-19(11)2)12(20)13-6-4-3-5-10(13)7-14-9-13/h10,14H,3-9H2,1-2H3/t10-,13+/m0/s1. The third-order valence-corrected chi connectivity index (χ3v) is 4.90. The molecule has 3 rings (SSSR count). The summed E-state index contributed by atoms with van der Waals surface area (Å²) >= 11 is 0. The molecule has 1 aliphatic carbocycles. The highest BCUT2D eigenvalue weighted by Crippen LogP contribution is 2.44. The van der Waals surface area contributed by atoms with Gasteiger partial charge in [0.25, 0.3) is 0 Å². The van der Waals surface area contributed by atoms with Gasteiger partial charge in [-0.25, -0.2) is 4.68 Å². The highest BCUT2D eigenvalue weighted by Gasteiger charge is 2.50. The highest BCUT2D eigenvalue weighted by molar-refractivity contribution is 5.83. The van der Waals surface area contributed by atoms with Crippen molar-refractivity contribution < 1.29 is 4.79 Å². The number of fused-ring (bicyclic) bond motifs is 1. The van der Waals surface area contributed by atoms with Crippen LogP contribution in [0.3, 0.4) is 0 Å². The molecule has 110 valence electrons. The molecule has 2 heterocycles. The van der Waals surface area contributed by atoms with E-state index >= 15 is 0 Å². The fourth-order valence-electron chi connectivity index (χ4n) is 3.71. The summed E-state index contributed by atoms with van der Waals surface area (Å²) in [4.78, 5) is 14.7. The second kappa shape index (κ2) is 5.12. The minimum Gasteiger partial charge on any atom is -0.338 e. The van der Waals surface area contributed by atoms with Crippen LogP contribution in [0.2, 0.25) is 0 Å².